The van der Waals surface area contributed by atoms with Crippen molar-refractivity contribution in [3.05, 3.63) is 34.4 Å². The summed E-state index contributed by atoms with van der Waals surface area (Å²) >= 11 is 5.29. The Labute approximate surface area is 130 Å². The number of nitro groups is 1. The van der Waals surface area contributed by atoms with Crippen LogP contribution in [0.4, 0.5) is 11.4 Å². The maximum atomic E-state index is 10.7. The standard InChI is InChI=1S/C15H21N3O2S/c1-2-11-6-8-12(9-7-11)16-15(21)17-13-4-3-5-14(10-13)18(19)20/h3-5,10-12H,2,6-9H2,1H3,(H2,16,17,21). The Morgan fingerprint density at radius 3 is 2.71 bits per heavy atom. The van der Waals surface area contributed by atoms with Crippen LogP contribution < -0.4 is 10.6 Å². The predicted octanol–water partition coefficient (Wildman–Crippen LogP) is 3.85. The second kappa shape index (κ2) is 7.36. The van der Waals surface area contributed by atoms with Crippen molar-refractivity contribution in [1.29, 1.82) is 0 Å². The van der Waals surface area contributed by atoms with Crippen LogP contribution in [-0.2, 0) is 0 Å². The van der Waals surface area contributed by atoms with Crippen LogP contribution in [0.3, 0.4) is 0 Å². The SMILES string of the molecule is CCC1CCC(NC(=S)Nc2cccc([N+](=O)[O-])c2)CC1. The van der Waals surface area contributed by atoms with E-state index in [0.717, 1.165) is 18.8 Å². The molecule has 0 saturated heterocycles. The van der Waals surface area contributed by atoms with Crippen molar-refractivity contribution in [2.24, 2.45) is 5.92 Å². The molecule has 0 unspecified atom stereocenters. The third-order valence-electron chi connectivity index (χ3n) is 4.07. The third-order valence-corrected chi connectivity index (χ3v) is 4.29. The van der Waals surface area contributed by atoms with Gasteiger partial charge in [0, 0.05) is 23.9 Å². The summed E-state index contributed by atoms with van der Waals surface area (Å²) in [5.41, 5.74) is 0.704. The Balaban J connectivity index is 1.85. The van der Waals surface area contributed by atoms with Gasteiger partial charge in [-0.15, -0.1) is 0 Å². The fourth-order valence-corrected chi connectivity index (χ4v) is 3.05. The highest BCUT2D eigenvalue weighted by molar-refractivity contribution is 7.80. The highest BCUT2D eigenvalue weighted by Gasteiger charge is 2.20. The van der Waals surface area contributed by atoms with Gasteiger partial charge in [-0.1, -0.05) is 19.4 Å². The lowest BCUT2D eigenvalue weighted by Crippen LogP contribution is -2.39. The molecule has 0 bridgehead atoms. The van der Waals surface area contributed by atoms with Crippen molar-refractivity contribution >= 4 is 28.7 Å². The number of nitrogens with one attached hydrogen (secondary N) is 2. The summed E-state index contributed by atoms with van der Waals surface area (Å²) < 4.78 is 0. The first kappa shape index (κ1) is 15.7. The van der Waals surface area contributed by atoms with Crippen LogP contribution in [0.1, 0.15) is 39.0 Å². The second-order valence-corrected chi connectivity index (χ2v) is 5.94. The molecule has 21 heavy (non-hydrogen) atoms. The van der Waals surface area contributed by atoms with E-state index < -0.39 is 4.92 Å². The van der Waals surface area contributed by atoms with Crippen LogP contribution in [0, 0.1) is 16.0 Å². The predicted molar refractivity (Wildman–Crippen MR) is 88.5 cm³/mol. The van der Waals surface area contributed by atoms with E-state index in [2.05, 4.69) is 17.6 Å². The van der Waals surface area contributed by atoms with Crippen molar-refractivity contribution in [3.63, 3.8) is 0 Å². The Morgan fingerprint density at radius 2 is 2.10 bits per heavy atom. The third kappa shape index (κ3) is 4.67. The average Bonchev–Trinajstić information content (AvgIpc) is 2.48. The molecular formula is C15H21N3O2S. The molecule has 5 nitrogen and oxygen atoms in total. The fourth-order valence-electron chi connectivity index (χ4n) is 2.76. The van der Waals surface area contributed by atoms with Gasteiger partial charge in [-0.3, -0.25) is 10.1 Å². The van der Waals surface area contributed by atoms with E-state index in [9.17, 15) is 10.1 Å². The molecule has 1 saturated carbocycles. The van der Waals surface area contributed by atoms with Crippen LogP contribution in [0.15, 0.2) is 24.3 Å². The van der Waals surface area contributed by atoms with Crippen molar-refractivity contribution in [2.75, 3.05) is 5.32 Å². The van der Waals surface area contributed by atoms with E-state index >= 15 is 0 Å². The molecule has 1 aromatic rings. The quantitative estimate of drug-likeness (QED) is 0.502. The molecular weight excluding hydrogens is 286 g/mol. The fraction of sp³-hybridized carbons (Fsp3) is 0.533. The number of non-ortho nitro benzene ring substituents is 1. The Kier molecular flexibility index (Phi) is 5.50. The molecule has 1 aliphatic carbocycles. The van der Waals surface area contributed by atoms with Gasteiger partial charge in [-0.2, -0.15) is 0 Å². The first-order valence-corrected chi connectivity index (χ1v) is 7.81. The maximum Gasteiger partial charge on any atom is 0.271 e. The second-order valence-electron chi connectivity index (χ2n) is 5.53. The van der Waals surface area contributed by atoms with Gasteiger partial charge < -0.3 is 10.6 Å². The van der Waals surface area contributed by atoms with Crippen LogP contribution in [0.2, 0.25) is 0 Å². The van der Waals surface area contributed by atoms with Gasteiger partial charge in [-0.05, 0) is 49.9 Å². The number of nitrogens with zero attached hydrogens (tertiary/aromatic N) is 1. The molecule has 0 aromatic heterocycles. The van der Waals surface area contributed by atoms with Crippen molar-refractivity contribution < 1.29 is 4.92 Å². The van der Waals surface area contributed by atoms with E-state index in [1.807, 2.05) is 0 Å². The lowest BCUT2D eigenvalue weighted by Gasteiger charge is -2.29. The van der Waals surface area contributed by atoms with E-state index in [1.54, 1.807) is 12.1 Å². The van der Waals surface area contributed by atoms with Gasteiger partial charge in [0.25, 0.3) is 5.69 Å². The number of thiocarbonyl (C=S) groups is 1. The van der Waals surface area contributed by atoms with Gasteiger partial charge >= 0.3 is 0 Å². The molecule has 0 heterocycles. The molecule has 0 spiro atoms. The summed E-state index contributed by atoms with van der Waals surface area (Å²) in [4.78, 5) is 10.3. The summed E-state index contributed by atoms with van der Waals surface area (Å²) in [5.74, 6) is 0.848. The minimum absolute atomic E-state index is 0.0613. The molecule has 6 heteroatoms. The van der Waals surface area contributed by atoms with Crippen LogP contribution in [0.5, 0.6) is 0 Å². The molecule has 0 amide bonds. The number of rotatable bonds is 4. The molecule has 0 atom stereocenters. The lowest BCUT2D eigenvalue weighted by molar-refractivity contribution is -0.384. The highest BCUT2D eigenvalue weighted by Crippen LogP contribution is 2.26. The van der Waals surface area contributed by atoms with Crippen LogP contribution >= 0.6 is 12.2 Å². The largest absolute Gasteiger partial charge is 0.360 e. The van der Waals surface area contributed by atoms with Crippen LogP contribution in [-0.4, -0.2) is 16.1 Å². The lowest BCUT2D eigenvalue weighted by atomic mass is 9.85. The summed E-state index contributed by atoms with van der Waals surface area (Å²) in [5, 5.41) is 17.6. The van der Waals surface area contributed by atoms with E-state index in [0.29, 0.717) is 16.8 Å². The molecule has 2 rings (SSSR count). The normalized spacial score (nSPS) is 21.6. The van der Waals surface area contributed by atoms with Gasteiger partial charge in [-0.25, -0.2) is 0 Å². The Hall–Kier alpha value is -1.69. The molecule has 0 radical (unpaired) electrons. The van der Waals surface area contributed by atoms with E-state index in [1.165, 1.54) is 31.4 Å². The van der Waals surface area contributed by atoms with Gasteiger partial charge in [0.2, 0.25) is 0 Å². The summed E-state index contributed by atoms with van der Waals surface area (Å²) in [6.07, 6.45) is 6.01. The monoisotopic (exact) mass is 307 g/mol. The number of hydrogen-bond donors (Lipinski definition) is 2. The molecule has 114 valence electrons. The zero-order valence-electron chi connectivity index (χ0n) is 12.2. The molecule has 2 N–H and O–H groups in total. The topological polar surface area (TPSA) is 67.2 Å². The van der Waals surface area contributed by atoms with Crippen LogP contribution in [0.25, 0.3) is 0 Å². The van der Waals surface area contributed by atoms with Crippen molar-refractivity contribution in [1.82, 2.24) is 5.32 Å². The van der Waals surface area contributed by atoms with Crippen molar-refractivity contribution in [3.8, 4) is 0 Å². The number of anilines is 1. The summed E-state index contributed by atoms with van der Waals surface area (Å²) in [7, 11) is 0. The zero-order valence-corrected chi connectivity index (χ0v) is 13.0. The zero-order chi connectivity index (χ0) is 15.2. The van der Waals surface area contributed by atoms with Gasteiger partial charge in [0.15, 0.2) is 5.11 Å². The Morgan fingerprint density at radius 1 is 1.38 bits per heavy atom. The highest BCUT2D eigenvalue weighted by atomic mass is 32.1. The Bertz CT molecular complexity index is 513. The minimum Gasteiger partial charge on any atom is -0.360 e. The molecule has 1 aliphatic rings. The van der Waals surface area contributed by atoms with E-state index in [-0.39, 0.29) is 5.69 Å². The van der Waals surface area contributed by atoms with E-state index in [4.69, 9.17) is 12.2 Å². The van der Waals surface area contributed by atoms with Gasteiger partial charge in [0.1, 0.15) is 0 Å². The first-order valence-electron chi connectivity index (χ1n) is 7.40. The number of nitro benzene ring substituents is 1. The number of hydrogen-bond acceptors (Lipinski definition) is 3. The average molecular weight is 307 g/mol. The number of benzene rings is 1. The molecule has 1 aromatic carbocycles. The minimum atomic E-state index is -0.409. The first-order chi connectivity index (χ1) is 10.1. The summed E-state index contributed by atoms with van der Waals surface area (Å²) in [6.45, 7) is 2.24. The summed E-state index contributed by atoms with van der Waals surface area (Å²) in [6, 6.07) is 6.78. The maximum absolute atomic E-state index is 10.7. The molecule has 1 fully saturated rings. The van der Waals surface area contributed by atoms with Gasteiger partial charge in [0.05, 0.1) is 4.92 Å². The van der Waals surface area contributed by atoms with Crippen molar-refractivity contribution in [2.45, 2.75) is 45.1 Å². The molecule has 0 aliphatic heterocycles. The smallest absolute Gasteiger partial charge is 0.271 e.